The predicted molar refractivity (Wildman–Crippen MR) is 59.8 cm³/mol. The number of carboxylic acids is 1. The van der Waals surface area contributed by atoms with Crippen LogP contribution in [0.3, 0.4) is 0 Å². The molecule has 6 nitrogen and oxygen atoms in total. The van der Waals surface area contributed by atoms with E-state index in [1.165, 1.54) is 0 Å². The molecule has 0 bridgehead atoms. The highest BCUT2D eigenvalue weighted by molar-refractivity contribution is 6.40. The molecular formula is C9H19BN2O4. The monoisotopic (exact) mass is 230 g/mol. The minimum atomic E-state index is -1.32. The second-order valence-corrected chi connectivity index (χ2v) is 4.65. The summed E-state index contributed by atoms with van der Waals surface area (Å²) in [6.07, 6.45) is 1.43. The first-order valence-corrected chi connectivity index (χ1v) is 5.43. The Balaban J connectivity index is 2.53. The van der Waals surface area contributed by atoms with Gasteiger partial charge in [-0.25, -0.2) is 0 Å². The molecule has 0 aliphatic carbocycles. The van der Waals surface area contributed by atoms with Crippen LogP contribution < -0.4 is 5.73 Å². The minimum Gasteiger partial charge on any atom is -0.480 e. The number of hydrogen-bond acceptors (Lipinski definition) is 5. The van der Waals surface area contributed by atoms with Crippen molar-refractivity contribution in [1.29, 1.82) is 0 Å². The van der Waals surface area contributed by atoms with Crippen molar-refractivity contribution in [2.24, 2.45) is 11.7 Å². The Bertz CT molecular complexity index is 264. The van der Waals surface area contributed by atoms with E-state index in [2.05, 4.69) is 0 Å². The van der Waals surface area contributed by atoms with Crippen LogP contribution in [0.2, 0.25) is 6.32 Å². The van der Waals surface area contributed by atoms with Crippen LogP contribution in [0.15, 0.2) is 0 Å². The zero-order chi connectivity index (χ0) is 12.3. The van der Waals surface area contributed by atoms with Crippen LogP contribution in [0.1, 0.15) is 12.8 Å². The third kappa shape index (κ3) is 2.94. The van der Waals surface area contributed by atoms with Crippen LogP contribution in [-0.2, 0) is 4.79 Å². The first kappa shape index (κ1) is 13.4. The summed E-state index contributed by atoms with van der Waals surface area (Å²) < 4.78 is 0. The van der Waals surface area contributed by atoms with Crippen molar-refractivity contribution in [1.82, 2.24) is 4.90 Å². The molecule has 92 valence electrons. The first-order chi connectivity index (χ1) is 7.36. The lowest BCUT2D eigenvalue weighted by molar-refractivity contribution is -0.144. The molecule has 1 aliphatic heterocycles. The van der Waals surface area contributed by atoms with Crippen molar-refractivity contribution in [3.8, 4) is 0 Å². The molecule has 0 saturated carbocycles. The topological polar surface area (TPSA) is 107 Å². The molecule has 2 atom stereocenters. The molecule has 0 aromatic carbocycles. The smallest absolute Gasteiger partial charge is 0.451 e. The molecule has 5 N–H and O–H groups in total. The Labute approximate surface area is 95.2 Å². The van der Waals surface area contributed by atoms with Gasteiger partial charge in [0.2, 0.25) is 0 Å². The largest absolute Gasteiger partial charge is 0.480 e. The van der Waals surface area contributed by atoms with Gasteiger partial charge in [-0.1, -0.05) is 6.42 Å². The first-order valence-electron chi connectivity index (χ1n) is 5.43. The summed E-state index contributed by atoms with van der Waals surface area (Å²) in [6.45, 7) is 0.985. The van der Waals surface area contributed by atoms with Gasteiger partial charge in [0.1, 0.15) is 5.54 Å². The lowest BCUT2D eigenvalue weighted by Crippen LogP contribution is -2.54. The van der Waals surface area contributed by atoms with Gasteiger partial charge in [0, 0.05) is 19.0 Å². The molecule has 16 heavy (non-hydrogen) atoms. The molecule has 0 aromatic rings. The Kier molecular flexibility index (Phi) is 4.31. The van der Waals surface area contributed by atoms with Gasteiger partial charge in [-0.15, -0.1) is 0 Å². The average Bonchev–Trinajstić information content (AvgIpc) is 2.42. The molecule has 1 fully saturated rings. The summed E-state index contributed by atoms with van der Waals surface area (Å²) >= 11 is 0. The number of rotatable bonds is 5. The van der Waals surface area contributed by atoms with Gasteiger partial charge in [-0.05, 0) is 19.8 Å². The van der Waals surface area contributed by atoms with E-state index >= 15 is 0 Å². The normalized spacial score (nSPS) is 30.6. The van der Waals surface area contributed by atoms with Gasteiger partial charge < -0.3 is 25.8 Å². The van der Waals surface area contributed by atoms with Gasteiger partial charge in [0.15, 0.2) is 0 Å². The Morgan fingerprint density at radius 2 is 2.25 bits per heavy atom. The van der Waals surface area contributed by atoms with Crippen LogP contribution in [0, 0.1) is 5.92 Å². The number of hydrogen-bond donors (Lipinski definition) is 4. The molecule has 0 amide bonds. The van der Waals surface area contributed by atoms with Crippen molar-refractivity contribution >= 4 is 13.1 Å². The second-order valence-electron chi connectivity index (χ2n) is 4.65. The van der Waals surface area contributed by atoms with E-state index in [9.17, 15) is 4.79 Å². The Morgan fingerprint density at radius 1 is 1.62 bits per heavy atom. The number of likely N-dealkylation sites (tertiary alicyclic amines) is 1. The van der Waals surface area contributed by atoms with Crippen LogP contribution >= 0.6 is 0 Å². The van der Waals surface area contributed by atoms with Gasteiger partial charge in [0.05, 0.1) is 0 Å². The maximum Gasteiger partial charge on any atom is 0.451 e. The predicted octanol–water partition coefficient (Wildman–Crippen LogP) is -1.42. The lowest BCUT2D eigenvalue weighted by Gasteiger charge is -2.25. The highest BCUT2D eigenvalue weighted by atomic mass is 16.4. The standard InChI is InChI=1S/C9H19BN2O4/c1-12-5-7(3-2-4-10(15)16)9(11,6-12)8(13)14/h7,15-16H,2-6,11H2,1H3,(H,13,14)/t7-,9-/m0/s1. The number of likely N-dealkylation sites (N-methyl/N-ethyl adjacent to an activating group) is 1. The highest BCUT2D eigenvalue weighted by Crippen LogP contribution is 2.29. The minimum absolute atomic E-state index is 0.131. The number of nitrogens with zero attached hydrogens (tertiary/aromatic N) is 1. The van der Waals surface area contributed by atoms with E-state index in [0.29, 0.717) is 25.9 Å². The maximum atomic E-state index is 11.1. The number of nitrogens with two attached hydrogens (primary N) is 1. The summed E-state index contributed by atoms with van der Waals surface area (Å²) in [5.41, 5.74) is 4.69. The summed E-state index contributed by atoms with van der Waals surface area (Å²) in [5, 5.41) is 26.5. The van der Waals surface area contributed by atoms with Crippen LogP contribution in [-0.4, -0.2) is 58.8 Å². The zero-order valence-corrected chi connectivity index (χ0v) is 9.46. The molecule has 0 radical (unpaired) electrons. The summed E-state index contributed by atoms with van der Waals surface area (Å²) in [6, 6.07) is 0. The summed E-state index contributed by atoms with van der Waals surface area (Å²) in [7, 11) is 0.516. The molecule has 7 heteroatoms. The van der Waals surface area contributed by atoms with Crippen LogP contribution in [0.5, 0.6) is 0 Å². The van der Waals surface area contributed by atoms with E-state index in [4.69, 9.17) is 20.9 Å². The molecule has 0 unspecified atom stereocenters. The SMILES string of the molecule is CN1C[C@H](CCCB(O)O)[C@](N)(C(=O)O)C1. The maximum absolute atomic E-state index is 11.1. The van der Waals surface area contributed by atoms with Crippen molar-refractivity contribution in [2.75, 3.05) is 20.1 Å². The summed E-state index contributed by atoms with van der Waals surface area (Å²) in [4.78, 5) is 13.0. The number of carbonyl (C=O) groups is 1. The number of aliphatic carboxylic acids is 1. The van der Waals surface area contributed by atoms with Gasteiger partial charge in [-0.3, -0.25) is 4.79 Å². The van der Waals surface area contributed by atoms with Crippen molar-refractivity contribution in [3.05, 3.63) is 0 Å². The second kappa shape index (κ2) is 5.14. The lowest BCUT2D eigenvalue weighted by atomic mass is 9.78. The van der Waals surface area contributed by atoms with Crippen molar-refractivity contribution in [2.45, 2.75) is 24.7 Å². The van der Waals surface area contributed by atoms with E-state index in [0.717, 1.165) is 0 Å². The molecular weight excluding hydrogens is 211 g/mol. The average molecular weight is 230 g/mol. The zero-order valence-electron chi connectivity index (χ0n) is 9.46. The quantitative estimate of drug-likeness (QED) is 0.432. The summed E-state index contributed by atoms with van der Waals surface area (Å²) in [5.74, 6) is -1.11. The Morgan fingerprint density at radius 3 is 2.75 bits per heavy atom. The molecule has 1 saturated heterocycles. The highest BCUT2D eigenvalue weighted by Gasteiger charge is 2.47. The van der Waals surface area contributed by atoms with Crippen LogP contribution in [0.25, 0.3) is 0 Å². The van der Waals surface area contributed by atoms with E-state index in [1.54, 1.807) is 0 Å². The Hall–Kier alpha value is -0.625. The van der Waals surface area contributed by atoms with Crippen molar-refractivity contribution in [3.63, 3.8) is 0 Å². The number of carboxylic acid groups (broad SMARTS) is 1. The fraction of sp³-hybridized carbons (Fsp3) is 0.889. The molecule has 1 aliphatic rings. The van der Waals surface area contributed by atoms with E-state index in [-0.39, 0.29) is 12.2 Å². The fourth-order valence-corrected chi connectivity index (χ4v) is 2.32. The van der Waals surface area contributed by atoms with Crippen LogP contribution in [0.4, 0.5) is 0 Å². The molecule has 0 spiro atoms. The van der Waals surface area contributed by atoms with E-state index in [1.807, 2.05) is 11.9 Å². The van der Waals surface area contributed by atoms with Crippen molar-refractivity contribution < 1.29 is 19.9 Å². The third-order valence-corrected chi connectivity index (χ3v) is 3.21. The third-order valence-electron chi connectivity index (χ3n) is 3.21. The molecule has 0 aromatic heterocycles. The van der Waals surface area contributed by atoms with Gasteiger partial charge in [-0.2, -0.15) is 0 Å². The van der Waals surface area contributed by atoms with Gasteiger partial charge in [0.25, 0.3) is 0 Å². The van der Waals surface area contributed by atoms with E-state index < -0.39 is 18.6 Å². The molecule has 1 rings (SSSR count). The van der Waals surface area contributed by atoms with Gasteiger partial charge >= 0.3 is 13.1 Å². The fourth-order valence-electron chi connectivity index (χ4n) is 2.32. The molecule has 1 heterocycles.